The second-order valence-electron chi connectivity index (χ2n) is 6.21. The summed E-state index contributed by atoms with van der Waals surface area (Å²) in [7, 11) is 0. The Bertz CT molecular complexity index is 992. The Hall–Kier alpha value is -2.79. The van der Waals surface area contributed by atoms with Gasteiger partial charge < -0.3 is 10.1 Å². The quantitative estimate of drug-likeness (QED) is 0.703. The van der Waals surface area contributed by atoms with Crippen LogP contribution in [0.25, 0.3) is 10.9 Å². The van der Waals surface area contributed by atoms with Crippen molar-refractivity contribution < 1.29 is 14.3 Å². The van der Waals surface area contributed by atoms with Crippen molar-refractivity contribution in [1.29, 1.82) is 0 Å². The maximum absolute atomic E-state index is 12.9. The molecule has 0 spiro atoms. The van der Waals surface area contributed by atoms with Crippen molar-refractivity contribution in [2.45, 2.75) is 26.9 Å². The topological polar surface area (TPSA) is 60.3 Å². The number of benzene rings is 2. The average Bonchev–Trinajstić information content (AvgIpc) is 2.95. The number of halogens is 1. The minimum Gasteiger partial charge on any atom is -0.489 e. The molecule has 0 saturated carbocycles. The summed E-state index contributed by atoms with van der Waals surface area (Å²) in [4.78, 5) is 24.8. The summed E-state index contributed by atoms with van der Waals surface area (Å²) >= 11 is 6.08. The van der Waals surface area contributed by atoms with Crippen LogP contribution in [0.5, 0.6) is 5.75 Å². The van der Waals surface area contributed by atoms with E-state index in [1.54, 1.807) is 30.3 Å². The largest absolute Gasteiger partial charge is 0.489 e. The molecule has 2 aromatic carbocycles. The van der Waals surface area contributed by atoms with E-state index in [9.17, 15) is 9.59 Å². The molecule has 3 aromatic rings. The van der Waals surface area contributed by atoms with Gasteiger partial charge in [-0.15, -0.1) is 0 Å². The van der Waals surface area contributed by atoms with Gasteiger partial charge in [0.25, 0.3) is 5.91 Å². The van der Waals surface area contributed by atoms with E-state index in [2.05, 4.69) is 5.32 Å². The summed E-state index contributed by atoms with van der Waals surface area (Å²) in [6, 6.07) is 12.3. The highest BCUT2D eigenvalue weighted by Crippen LogP contribution is 2.29. The number of anilines is 1. The van der Waals surface area contributed by atoms with Gasteiger partial charge in [-0.05, 0) is 44.2 Å². The highest BCUT2D eigenvalue weighted by molar-refractivity contribution is 6.31. The molecule has 26 heavy (non-hydrogen) atoms. The van der Waals surface area contributed by atoms with Crippen LogP contribution in [0.15, 0.2) is 48.7 Å². The van der Waals surface area contributed by atoms with Crippen LogP contribution in [-0.4, -0.2) is 22.5 Å². The molecule has 0 atom stereocenters. The number of rotatable bonds is 4. The first-order valence-electron chi connectivity index (χ1n) is 8.25. The smallest absolute Gasteiger partial charge is 0.257 e. The minimum atomic E-state index is -0.336. The Morgan fingerprint density at radius 2 is 1.88 bits per heavy atom. The number of ether oxygens (including phenoxy) is 1. The van der Waals surface area contributed by atoms with Gasteiger partial charge in [0.15, 0.2) is 0 Å². The van der Waals surface area contributed by atoms with Crippen LogP contribution in [0, 0.1) is 0 Å². The first-order chi connectivity index (χ1) is 12.4. The van der Waals surface area contributed by atoms with Crippen molar-refractivity contribution in [3.63, 3.8) is 0 Å². The van der Waals surface area contributed by atoms with Gasteiger partial charge in [0.1, 0.15) is 5.75 Å². The lowest BCUT2D eigenvalue weighted by molar-refractivity contribution is 0.0941. The van der Waals surface area contributed by atoms with Crippen LogP contribution in [-0.2, 0) is 0 Å². The highest BCUT2D eigenvalue weighted by atomic mass is 35.5. The Labute approximate surface area is 156 Å². The number of carbonyl (C=O) groups is 2. The summed E-state index contributed by atoms with van der Waals surface area (Å²) in [6.45, 7) is 5.28. The third-order valence-corrected chi connectivity index (χ3v) is 4.08. The Morgan fingerprint density at radius 1 is 1.15 bits per heavy atom. The number of fused-ring (bicyclic) bond motifs is 1. The standard InChI is InChI=1S/C20H19ClN2O3/c1-12(2)26-19-7-5-4-6-17(19)22-20(25)16-11-23(13(3)24)18-9-8-14(21)10-15(16)18/h4-12H,1-3H3,(H,22,25). The number of carbonyl (C=O) groups excluding carboxylic acids is 2. The molecular weight excluding hydrogens is 352 g/mol. The molecule has 0 unspecified atom stereocenters. The predicted octanol–water partition coefficient (Wildman–Crippen LogP) is 4.99. The van der Waals surface area contributed by atoms with Crippen molar-refractivity contribution >= 4 is 40.0 Å². The number of nitrogens with one attached hydrogen (secondary N) is 1. The zero-order valence-corrected chi connectivity index (χ0v) is 15.5. The molecule has 6 heteroatoms. The van der Waals surface area contributed by atoms with Gasteiger partial charge in [0, 0.05) is 23.5 Å². The van der Waals surface area contributed by atoms with Crippen molar-refractivity contribution in [3.05, 3.63) is 59.2 Å². The van der Waals surface area contributed by atoms with Gasteiger partial charge in [-0.25, -0.2) is 0 Å². The summed E-state index contributed by atoms with van der Waals surface area (Å²) in [6.07, 6.45) is 1.51. The molecule has 3 rings (SSSR count). The van der Waals surface area contributed by atoms with Crippen molar-refractivity contribution in [3.8, 4) is 5.75 Å². The van der Waals surface area contributed by atoms with Gasteiger partial charge in [-0.3, -0.25) is 14.2 Å². The second kappa shape index (κ2) is 7.22. The fourth-order valence-electron chi connectivity index (χ4n) is 2.76. The van der Waals surface area contributed by atoms with E-state index in [-0.39, 0.29) is 17.9 Å². The van der Waals surface area contributed by atoms with Crippen LogP contribution in [0.2, 0.25) is 5.02 Å². The van der Waals surface area contributed by atoms with E-state index in [1.807, 2.05) is 26.0 Å². The van der Waals surface area contributed by atoms with Gasteiger partial charge in [0.05, 0.1) is 22.9 Å². The molecule has 0 bridgehead atoms. The van der Waals surface area contributed by atoms with Crippen LogP contribution >= 0.6 is 11.6 Å². The zero-order chi connectivity index (χ0) is 18.8. The number of para-hydroxylation sites is 2. The SMILES string of the molecule is CC(=O)n1cc(C(=O)Nc2ccccc2OC(C)C)c2cc(Cl)ccc21. The summed E-state index contributed by atoms with van der Waals surface area (Å²) < 4.78 is 7.18. The van der Waals surface area contributed by atoms with Crippen molar-refractivity contribution in [2.24, 2.45) is 0 Å². The van der Waals surface area contributed by atoms with Crippen LogP contribution in [0.1, 0.15) is 35.9 Å². The van der Waals surface area contributed by atoms with Gasteiger partial charge in [0.2, 0.25) is 5.91 Å². The maximum Gasteiger partial charge on any atom is 0.257 e. The number of amides is 1. The monoisotopic (exact) mass is 370 g/mol. The molecule has 1 heterocycles. The number of hydrogen-bond donors (Lipinski definition) is 1. The molecule has 0 aliphatic heterocycles. The third kappa shape index (κ3) is 3.58. The molecule has 0 aliphatic carbocycles. The molecule has 0 radical (unpaired) electrons. The van der Waals surface area contributed by atoms with E-state index in [0.29, 0.717) is 32.9 Å². The van der Waals surface area contributed by atoms with E-state index in [4.69, 9.17) is 16.3 Å². The molecule has 1 N–H and O–H groups in total. The number of hydrogen-bond acceptors (Lipinski definition) is 3. The van der Waals surface area contributed by atoms with E-state index in [1.165, 1.54) is 17.7 Å². The fraction of sp³-hybridized carbons (Fsp3) is 0.200. The summed E-state index contributed by atoms with van der Waals surface area (Å²) in [5, 5.41) is 3.98. The Morgan fingerprint density at radius 3 is 2.58 bits per heavy atom. The lowest BCUT2D eigenvalue weighted by atomic mass is 10.1. The van der Waals surface area contributed by atoms with Crippen molar-refractivity contribution in [2.75, 3.05) is 5.32 Å². The lowest BCUT2D eigenvalue weighted by Crippen LogP contribution is -2.14. The van der Waals surface area contributed by atoms with E-state index < -0.39 is 0 Å². The fourth-order valence-corrected chi connectivity index (χ4v) is 2.93. The van der Waals surface area contributed by atoms with Gasteiger partial charge in [-0.2, -0.15) is 0 Å². The lowest BCUT2D eigenvalue weighted by Gasteiger charge is -2.14. The predicted molar refractivity (Wildman–Crippen MR) is 103 cm³/mol. The van der Waals surface area contributed by atoms with Crippen LogP contribution in [0.4, 0.5) is 5.69 Å². The molecule has 0 aliphatic rings. The first kappa shape index (κ1) is 18.0. The van der Waals surface area contributed by atoms with Crippen molar-refractivity contribution in [1.82, 2.24) is 4.57 Å². The third-order valence-electron chi connectivity index (χ3n) is 3.85. The van der Waals surface area contributed by atoms with Gasteiger partial charge >= 0.3 is 0 Å². The minimum absolute atomic E-state index is 0.0218. The zero-order valence-electron chi connectivity index (χ0n) is 14.7. The Kier molecular flexibility index (Phi) is 5.00. The van der Waals surface area contributed by atoms with Crippen LogP contribution < -0.4 is 10.1 Å². The molecule has 1 amide bonds. The molecule has 0 fully saturated rings. The molecule has 0 saturated heterocycles. The molecule has 1 aromatic heterocycles. The molecular formula is C20H19ClN2O3. The number of aromatic nitrogens is 1. The Balaban J connectivity index is 2.01. The second-order valence-corrected chi connectivity index (χ2v) is 6.65. The average molecular weight is 371 g/mol. The summed E-state index contributed by atoms with van der Waals surface area (Å²) in [5.41, 5.74) is 1.58. The van der Waals surface area contributed by atoms with Crippen LogP contribution in [0.3, 0.4) is 0 Å². The van der Waals surface area contributed by atoms with E-state index in [0.717, 1.165) is 0 Å². The number of nitrogens with zero attached hydrogens (tertiary/aromatic N) is 1. The maximum atomic E-state index is 12.9. The first-order valence-corrected chi connectivity index (χ1v) is 8.63. The normalized spacial score (nSPS) is 11.0. The van der Waals surface area contributed by atoms with E-state index >= 15 is 0 Å². The highest BCUT2D eigenvalue weighted by Gasteiger charge is 2.18. The molecule has 5 nitrogen and oxygen atoms in total. The summed E-state index contributed by atoms with van der Waals surface area (Å²) in [5.74, 6) is 0.0705. The molecule has 134 valence electrons. The van der Waals surface area contributed by atoms with Gasteiger partial charge in [-0.1, -0.05) is 23.7 Å².